The number of carbonyl (C=O) groups is 1. The van der Waals surface area contributed by atoms with Gasteiger partial charge in [-0.3, -0.25) is 0 Å². The third-order valence-electron chi connectivity index (χ3n) is 3.98. The number of nitrogens with zero attached hydrogens (tertiary/aromatic N) is 2. The molecule has 1 amide bonds. The Bertz CT molecular complexity index is 554. The highest BCUT2D eigenvalue weighted by molar-refractivity contribution is 5.69. The first-order chi connectivity index (χ1) is 10.6. The van der Waals surface area contributed by atoms with Crippen molar-refractivity contribution >= 4 is 11.8 Å². The molecule has 22 heavy (non-hydrogen) atoms. The van der Waals surface area contributed by atoms with Crippen LogP contribution in [-0.2, 0) is 11.2 Å². The summed E-state index contributed by atoms with van der Waals surface area (Å²) in [4.78, 5) is 15.3. The zero-order chi connectivity index (χ0) is 15.5. The first-order valence-electron chi connectivity index (χ1n) is 7.38. The summed E-state index contributed by atoms with van der Waals surface area (Å²) in [6.07, 6.45) is 1.53. The summed E-state index contributed by atoms with van der Waals surface area (Å²) in [5.41, 5.74) is 2.04. The fourth-order valence-corrected chi connectivity index (χ4v) is 2.93. The highest BCUT2D eigenvalue weighted by Crippen LogP contribution is 2.31. The molecule has 0 radical (unpaired) electrons. The largest absolute Gasteiger partial charge is 0.448 e. The van der Waals surface area contributed by atoms with Crippen molar-refractivity contribution in [3.63, 3.8) is 0 Å². The van der Waals surface area contributed by atoms with Gasteiger partial charge in [-0.2, -0.15) is 8.78 Å². The molecule has 0 saturated carbocycles. The zero-order valence-corrected chi connectivity index (χ0v) is 12.1. The van der Waals surface area contributed by atoms with Crippen molar-refractivity contribution in [3.05, 3.63) is 23.8 Å². The lowest BCUT2D eigenvalue weighted by atomic mass is 10.0. The summed E-state index contributed by atoms with van der Waals surface area (Å²) in [7, 11) is 0. The van der Waals surface area contributed by atoms with Crippen molar-refractivity contribution in [2.45, 2.75) is 19.5 Å². The van der Waals surface area contributed by atoms with Crippen molar-refractivity contribution in [2.75, 3.05) is 37.7 Å². The Hall–Kier alpha value is -2.05. The minimum atomic E-state index is -2.81. The molecular weight excluding hydrogens is 294 g/mol. The van der Waals surface area contributed by atoms with E-state index in [1.54, 1.807) is 17.0 Å². The van der Waals surface area contributed by atoms with Gasteiger partial charge in [0, 0.05) is 25.3 Å². The lowest BCUT2D eigenvalue weighted by Gasteiger charge is -2.32. The number of ether oxygens (including phenoxy) is 2. The maximum atomic E-state index is 12.3. The smallest absolute Gasteiger partial charge is 0.409 e. The third-order valence-corrected chi connectivity index (χ3v) is 3.98. The molecule has 2 heterocycles. The number of aryl methyl sites for hydroxylation is 1. The first-order valence-corrected chi connectivity index (χ1v) is 7.38. The van der Waals surface area contributed by atoms with E-state index in [9.17, 15) is 13.6 Å². The molecule has 7 heteroatoms. The number of fused-ring (bicyclic) bond motifs is 1. The highest BCUT2D eigenvalue weighted by Gasteiger charge is 2.24. The molecule has 120 valence electrons. The lowest BCUT2D eigenvalue weighted by molar-refractivity contribution is -0.0498. The van der Waals surface area contributed by atoms with E-state index in [-0.39, 0.29) is 11.8 Å². The molecule has 5 nitrogen and oxygen atoms in total. The predicted molar refractivity (Wildman–Crippen MR) is 76.5 cm³/mol. The van der Waals surface area contributed by atoms with E-state index in [0.29, 0.717) is 26.2 Å². The molecule has 0 aromatic heterocycles. The van der Waals surface area contributed by atoms with Crippen LogP contribution in [-0.4, -0.2) is 50.4 Å². The Morgan fingerprint density at radius 3 is 2.77 bits per heavy atom. The molecule has 1 fully saturated rings. The van der Waals surface area contributed by atoms with Crippen LogP contribution in [0.25, 0.3) is 0 Å². The fourth-order valence-electron chi connectivity index (χ4n) is 2.93. The standard InChI is InChI=1S/C15H18F2N2O3/c16-14(17)22-12-3-4-13-11(10-12)2-1-5-18(13)6-7-19-8-9-21-15(19)20/h3-4,10,14H,1-2,5-9H2. The molecule has 2 aliphatic heterocycles. The first kappa shape index (κ1) is 14.9. The van der Waals surface area contributed by atoms with Crippen LogP contribution >= 0.6 is 0 Å². The second-order valence-electron chi connectivity index (χ2n) is 5.36. The van der Waals surface area contributed by atoms with E-state index in [2.05, 4.69) is 9.64 Å². The van der Waals surface area contributed by atoms with Crippen molar-refractivity contribution in [1.29, 1.82) is 0 Å². The minimum Gasteiger partial charge on any atom is -0.448 e. The maximum Gasteiger partial charge on any atom is 0.409 e. The average molecular weight is 312 g/mol. The SMILES string of the molecule is O=C1OCCN1CCN1CCCc2cc(OC(F)F)ccc21. The summed E-state index contributed by atoms with van der Waals surface area (Å²) in [6, 6.07) is 5.06. The number of hydrogen-bond donors (Lipinski definition) is 0. The van der Waals surface area contributed by atoms with Gasteiger partial charge in [0.15, 0.2) is 0 Å². The Morgan fingerprint density at radius 2 is 2.05 bits per heavy atom. The molecule has 0 atom stereocenters. The van der Waals surface area contributed by atoms with E-state index in [0.717, 1.165) is 30.6 Å². The maximum absolute atomic E-state index is 12.3. The lowest BCUT2D eigenvalue weighted by Crippen LogP contribution is -2.38. The monoisotopic (exact) mass is 312 g/mol. The van der Waals surface area contributed by atoms with Gasteiger partial charge in [0.2, 0.25) is 0 Å². The van der Waals surface area contributed by atoms with Crippen LogP contribution in [0.4, 0.5) is 19.3 Å². The molecule has 0 aliphatic carbocycles. The normalized spacial score (nSPS) is 17.7. The summed E-state index contributed by atoms with van der Waals surface area (Å²) in [5.74, 6) is 0.193. The molecule has 2 aliphatic rings. The second-order valence-corrected chi connectivity index (χ2v) is 5.36. The number of hydrogen-bond acceptors (Lipinski definition) is 4. The van der Waals surface area contributed by atoms with Crippen LogP contribution in [0.1, 0.15) is 12.0 Å². The zero-order valence-electron chi connectivity index (χ0n) is 12.1. The van der Waals surface area contributed by atoms with Gasteiger partial charge in [0.05, 0.1) is 6.54 Å². The van der Waals surface area contributed by atoms with Crippen molar-refractivity contribution in [3.8, 4) is 5.75 Å². The summed E-state index contributed by atoms with van der Waals surface area (Å²) < 4.78 is 33.9. The highest BCUT2D eigenvalue weighted by atomic mass is 19.3. The van der Waals surface area contributed by atoms with Crippen LogP contribution < -0.4 is 9.64 Å². The van der Waals surface area contributed by atoms with Crippen molar-refractivity contribution in [1.82, 2.24) is 4.90 Å². The van der Waals surface area contributed by atoms with Gasteiger partial charge >= 0.3 is 12.7 Å². The number of carbonyl (C=O) groups excluding carboxylic acids is 1. The van der Waals surface area contributed by atoms with E-state index < -0.39 is 6.61 Å². The number of halogens is 2. The molecule has 1 aromatic rings. The molecule has 0 unspecified atom stereocenters. The molecular formula is C15H18F2N2O3. The Labute approximate surface area is 127 Å². The van der Waals surface area contributed by atoms with Crippen LogP contribution in [0.15, 0.2) is 18.2 Å². The topological polar surface area (TPSA) is 42.0 Å². The number of alkyl halides is 2. The van der Waals surface area contributed by atoms with Gasteiger partial charge in [-0.25, -0.2) is 4.79 Å². The fraction of sp³-hybridized carbons (Fsp3) is 0.533. The summed E-state index contributed by atoms with van der Waals surface area (Å²) >= 11 is 0. The number of rotatable bonds is 5. The average Bonchev–Trinajstić information content (AvgIpc) is 2.89. The van der Waals surface area contributed by atoms with Crippen LogP contribution in [0.5, 0.6) is 5.75 Å². The Balaban J connectivity index is 1.67. The Kier molecular flexibility index (Phi) is 4.31. The summed E-state index contributed by atoms with van der Waals surface area (Å²) in [6.45, 7) is 0.471. The van der Waals surface area contributed by atoms with E-state index in [4.69, 9.17) is 4.74 Å². The molecule has 0 N–H and O–H groups in total. The second kappa shape index (κ2) is 6.37. The van der Waals surface area contributed by atoms with Gasteiger partial charge in [-0.05, 0) is 36.6 Å². The third kappa shape index (κ3) is 3.23. The van der Waals surface area contributed by atoms with Crippen molar-refractivity contribution in [2.24, 2.45) is 0 Å². The quantitative estimate of drug-likeness (QED) is 0.838. The van der Waals surface area contributed by atoms with E-state index >= 15 is 0 Å². The van der Waals surface area contributed by atoms with Gasteiger partial charge in [-0.1, -0.05) is 0 Å². The van der Waals surface area contributed by atoms with Gasteiger partial charge in [-0.15, -0.1) is 0 Å². The predicted octanol–water partition coefficient (Wildman–Crippen LogP) is 2.49. The van der Waals surface area contributed by atoms with Gasteiger partial charge < -0.3 is 19.3 Å². The minimum absolute atomic E-state index is 0.193. The number of amides is 1. The van der Waals surface area contributed by atoms with E-state index in [1.165, 1.54) is 0 Å². The Morgan fingerprint density at radius 1 is 1.23 bits per heavy atom. The van der Waals surface area contributed by atoms with Crippen LogP contribution in [0.2, 0.25) is 0 Å². The summed E-state index contributed by atoms with van der Waals surface area (Å²) in [5, 5.41) is 0. The molecule has 0 spiro atoms. The molecule has 1 aromatic carbocycles. The van der Waals surface area contributed by atoms with E-state index in [1.807, 2.05) is 6.07 Å². The van der Waals surface area contributed by atoms with Crippen LogP contribution in [0, 0.1) is 0 Å². The van der Waals surface area contributed by atoms with Gasteiger partial charge in [0.1, 0.15) is 12.4 Å². The molecule has 1 saturated heterocycles. The van der Waals surface area contributed by atoms with Crippen molar-refractivity contribution < 1.29 is 23.0 Å². The van der Waals surface area contributed by atoms with Crippen LogP contribution in [0.3, 0.4) is 0 Å². The van der Waals surface area contributed by atoms with Gasteiger partial charge in [0.25, 0.3) is 0 Å². The number of anilines is 1. The molecule has 3 rings (SSSR count). The molecule has 0 bridgehead atoms. The number of cyclic esters (lactones) is 1. The number of benzene rings is 1.